The van der Waals surface area contributed by atoms with Gasteiger partial charge >= 0.3 is 0 Å². The summed E-state index contributed by atoms with van der Waals surface area (Å²) in [5.41, 5.74) is 1.59. The minimum Gasteiger partial charge on any atom is -0.372 e. The molecule has 0 amide bonds. The highest BCUT2D eigenvalue weighted by atomic mass is 16.5. The van der Waals surface area contributed by atoms with E-state index in [9.17, 15) is 9.59 Å². The zero-order valence-electron chi connectivity index (χ0n) is 10.0. The van der Waals surface area contributed by atoms with Crippen LogP contribution >= 0.6 is 0 Å². The van der Waals surface area contributed by atoms with Crippen molar-refractivity contribution in [3.63, 3.8) is 0 Å². The Morgan fingerprint density at radius 3 is 2.63 bits per heavy atom. The van der Waals surface area contributed by atoms with Gasteiger partial charge < -0.3 is 9.30 Å². The molecule has 19 heavy (non-hydrogen) atoms. The quantitative estimate of drug-likeness (QED) is 0.604. The van der Waals surface area contributed by atoms with Crippen LogP contribution in [0.5, 0.6) is 0 Å². The molecular formula is C14H10N2O3. The minimum absolute atomic E-state index is 0.120. The van der Waals surface area contributed by atoms with Gasteiger partial charge in [0.25, 0.3) is 0 Å². The summed E-state index contributed by atoms with van der Waals surface area (Å²) >= 11 is 0. The van der Waals surface area contributed by atoms with E-state index in [1.165, 1.54) is 0 Å². The Hall–Kier alpha value is -2.27. The third-order valence-electron chi connectivity index (χ3n) is 3.58. The first-order valence-electron chi connectivity index (χ1n) is 6.13. The van der Waals surface area contributed by atoms with Crippen LogP contribution in [0.1, 0.15) is 37.9 Å². The summed E-state index contributed by atoms with van der Waals surface area (Å²) in [5, 5.41) is 0. The van der Waals surface area contributed by atoms with Crippen LogP contribution < -0.4 is 0 Å². The molecular weight excluding hydrogens is 244 g/mol. The summed E-state index contributed by atoms with van der Waals surface area (Å²) in [5.74, 6) is 0.365. The Balaban J connectivity index is 2.01. The molecule has 2 aliphatic rings. The molecule has 0 radical (unpaired) electrons. The van der Waals surface area contributed by atoms with Gasteiger partial charge in [-0.3, -0.25) is 9.59 Å². The number of nitrogens with zero attached hydrogens (tertiary/aromatic N) is 2. The molecule has 1 aromatic heterocycles. The number of ether oxygens (including phenoxy) is 1. The van der Waals surface area contributed by atoms with Gasteiger partial charge in [-0.1, -0.05) is 24.3 Å². The molecule has 0 bridgehead atoms. The predicted molar refractivity (Wildman–Crippen MR) is 65.2 cm³/mol. The molecule has 2 heterocycles. The van der Waals surface area contributed by atoms with Gasteiger partial charge in [0.1, 0.15) is 23.8 Å². The van der Waals surface area contributed by atoms with Crippen molar-refractivity contribution < 1.29 is 14.3 Å². The van der Waals surface area contributed by atoms with Crippen molar-refractivity contribution in [2.45, 2.75) is 13.2 Å². The molecule has 0 spiro atoms. The highest BCUT2D eigenvalue weighted by Crippen LogP contribution is 2.28. The van der Waals surface area contributed by atoms with Gasteiger partial charge in [-0.25, -0.2) is 4.98 Å². The van der Waals surface area contributed by atoms with E-state index in [1.807, 2.05) is 4.57 Å². The van der Waals surface area contributed by atoms with Crippen LogP contribution in [0.4, 0.5) is 0 Å². The summed E-state index contributed by atoms with van der Waals surface area (Å²) in [6.45, 7) is 1.46. The van der Waals surface area contributed by atoms with Crippen molar-refractivity contribution >= 4 is 11.6 Å². The molecule has 0 unspecified atom stereocenters. The lowest BCUT2D eigenvalue weighted by Gasteiger charge is -2.18. The lowest BCUT2D eigenvalue weighted by molar-refractivity contribution is 0.0792. The zero-order valence-corrected chi connectivity index (χ0v) is 10.0. The molecule has 0 N–H and O–H groups in total. The van der Waals surface area contributed by atoms with Crippen molar-refractivity contribution in [3.05, 3.63) is 52.6 Å². The number of benzene rings is 1. The lowest BCUT2D eigenvalue weighted by Crippen LogP contribution is -2.25. The van der Waals surface area contributed by atoms with Crippen LogP contribution in [-0.4, -0.2) is 27.7 Å². The summed E-state index contributed by atoms with van der Waals surface area (Å²) in [6, 6.07) is 6.89. The van der Waals surface area contributed by atoms with E-state index in [1.54, 1.807) is 24.3 Å². The largest absolute Gasteiger partial charge is 0.372 e. The molecule has 0 saturated heterocycles. The smallest absolute Gasteiger partial charge is 0.214 e. The molecule has 1 aromatic carbocycles. The van der Waals surface area contributed by atoms with Crippen molar-refractivity contribution in [2.75, 3.05) is 6.61 Å². The number of hydrogen-bond acceptors (Lipinski definition) is 4. The van der Waals surface area contributed by atoms with E-state index < -0.39 is 0 Å². The lowest BCUT2D eigenvalue weighted by atomic mass is 9.90. The standard InChI is InChI=1S/C14H10N2O3/c17-13-8-3-1-2-4-9(8)14(18)12-11(13)15-10-7-19-6-5-16(10)12/h1-4H,5-7H2. The first-order chi connectivity index (χ1) is 9.27. The normalized spacial score (nSPS) is 16.8. The van der Waals surface area contributed by atoms with Crippen LogP contribution in [0.2, 0.25) is 0 Å². The predicted octanol–water partition coefficient (Wildman–Crippen LogP) is 1.19. The van der Waals surface area contributed by atoms with Gasteiger partial charge in [0, 0.05) is 17.7 Å². The molecule has 5 nitrogen and oxygen atoms in total. The molecule has 0 atom stereocenters. The number of hydrogen-bond donors (Lipinski definition) is 0. The Morgan fingerprint density at radius 1 is 1.11 bits per heavy atom. The number of carbonyl (C=O) groups is 2. The van der Waals surface area contributed by atoms with Crippen LogP contribution in [0.25, 0.3) is 0 Å². The molecule has 0 fully saturated rings. The highest BCUT2D eigenvalue weighted by Gasteiger charge is 2.36. The average Bonchev–Trinajstić information content (AvgIpc) is 2.84. The van der Waals surface area contributed by atoms with Gasteiger partial charge in [0.05, 0.1) is 6.61 Å². The monoisotopic (exact) mass is 254 g/mol. The van der Waals surface area contributed by atoms with Crippen LogP contribution in [0.15, 0.2) is 24.3 Å². The number of ketones is 2. The Kier molecular flexibility index (Phi) is 2.02. The maximum Gasteiger partial charge on any atom is 0.214 e. The fourth-order valence-electron chi connectivity index (χ4n) is 2.69. The summed E-state index contributed by atoms with van der Waals surface area (Å²) in [6.07, 6.45) is 0. The summed E-state index contributed by atoms with van der Waals surface area (Å²) in [7, 11) is 0. The average molecular weight is 254 g/mol. The van der Waals surface area contributed by atoms with Crippen LogP contribution in [0.3, 0.4) is 0 Å². The summed E-state index contributed by atoms with van der Waals surface area (Å²) in [4.78, 5) is 29.2. The molecule has 4 rings (SSSR count). The van der Waals surface area contributed by atoms with E-state index in [-0.39, 0.29) is 17.3 Å². The van der Waals surface area contributed by atoms with Gasteiger partial charge in [0.15, 0.2) is 0 Å². The van der Waals surface area contributed by atoms with Crippen molar-refractivity contribution in [3.8, 4) is 0 Å². The maximum atomic E-state index is 12.5. The van der Waals surface area contributed by atoms with E-state index in [2.05, 4.69) is 4.98 Å². The fraction of sp³-hybridized carbons (Fsp3) is 0.214. The topological polar surface area (TPSA) is 61.2 Å². The Morgan fingerprint density at radius 2 is 1.84 bits per heavy atom. The number of aromatic nitrogens is 2. The van der Waals surface area contributed by atoms with E-state index in [0.29, 0.717) is 42.4 Å². The fourth-order valence-corrected chi connectivity index (χ4v) is 2.69. The molecule has 2 aromatic rings. The first kappa shape index (κ1) is 10.6. The second-order valence-corrected chi connectivity index (χ2v) is 4.63. The maximum absolute atomic E-state index is 12.5. The van der Waals surface area contributed by atoms with Gasteiger partial charge in [-0.05, 0) is 0 Å². The Labute approximate surface area is 108 Å². The van der Waals surface area contributed by atoms with Crippen LogP contribution in [-0.2, 0) is 17.9 Å². The van der Waals surface area contributed by atoms with Gasteiger partial charge in [0.2, 0.25) is 11.6 Å². The second-order valence-electron chi connectivity index (χ2n) is 4.63. The molecule has 94 valence electrons. The third-order valence-corrected chi connectivity index (χ3v) is 3.58. The van der Waals surface area contributed by atoms with Crippen molar-refractivity contribution in [2.24, 2.45) is 0 Å². The van der Waals surface area contributed by atoms with E-state index in [0.717, 1.165) is 0 Å². The number of rotatable bonds is 0. The number of carbonyl (C=O) groups excluding carboxylic acids is 2. The van der Waals surface area contributed by atoms with E-state index in [4.69, 9.17) is 4.74 Å². The van der Waals surface area contributed by atoms with Gasteiger partial charge in [-0.15, -0.1) is 0 Å². The minimum atomic E-state index is -0.174. The molecule has 1 aliphatic heterocycles. The second kappa shape index (κ2) is 3.61. The van der Waals surface area contributed by atoms with E-state index >= 15 is 0 Å². The first-order valence-corrected chi connectivity index (χ1v) is 6.13. The third kappa shape index (κ3) is 1.30. The summed E-state index contributed by atoms with van der Waals surface area (Å²) < 4.78 is 7.13. The Bertz CT molecular complexity index is 730. The molecule has 5 heteroatoms. The molecule has 1 aliphatic carbocycles. The highest BCUT2D eigenvalue weighted by molar-refractivity contribution is 6.27. The van der Waals surface area contributed by atoms with Crippen molar-refractivity contribution in [1.29, 1.82) is 0 Å². The number of imidazole rings is 1. The SMILES string of the molecule is O=C1c2ccccc2C(=O)c2c1nc1n2CCOC1. The molecule has 0 saturated carbocycles. The zero-order chi connectivity index (χ0) is 13.0. The van der Waals surface area contributed by atoms with Crippen molar-refractivity contribution in [1.82, 2.24) is 9.55 Å². The van der Waals surface area contributed by atoms with Crippen LogP contribution in [0, 0.1) is 0 Å². The number of fused-ring (bicyclic) bond motifs is 4. The van der Waals surface area contributed by atoms with Gasteiger partial charge in [-0.2, -0.15) is 0 Å².